The zero-order valence-electron chi connectivity index (χ0n) is 17.1. The summed E-state index contributed by atoms with van der Waals surface area (Å²) >= 11 is 0. The van der Waals surface area contributed by atoms with Gasteiger partial charge in [-0.05, 0) is 57.4 Å². The van der Waals surface area contributed by atoms with Crippen LogP contribution in [0, 0.1) is 10.1 Å². The van der Waals surface area contributed by atoms with Crippen LogP contribution in [-0.4, -0.2) is 17.0 Å². The van der Waals surface area contributed by atoms with E-state index in [0.29, 0.717) is 17.9 Å². The molecular weight excluding hydrogens is 340 g/mol. The maximum atomic E-state index is 11.0. The van der Waals surface area contributed by atoms with Crippen molar-refractivity contribution in [2.75, 3.05) is 6.54 Å². The van der Waals surface area contributed by atoms with Crippen LogP contribution in [0.15, 0.2) is 48.5 Å². The molecule has 0 aromatic heterocycles. The van der Waals surface area contributed by atoms with E-state index < -0.39 is 4.92 Å². The van der Waals surface area contributed by atoms with Crippen LogP contribution >= 0.6 is 0 Å². The van der Waals surface area contributed by atoms with E-state index in [1.807, 2.05) is 43.3 Å². The SMILES string of the molecule is CCCNC(C)(C)C.CCc1ccc(OCc2ccccc2)c([N+](=O)[O-])c1. The molecule has 2 aromatic rings. The fourth-order valence-corrected chi connectivity index (χ4v) is 2.28. The average molecular weight is 373 g/mol. The molecule has 0 fully saturated rings. The first-order valence-corrected chi connectivity index (χ1v) is 9.46. The van der Waals surface area contributed by atoms with Crippen molar-refractivity contribution in [1.29, 1.82) is 0 Å². The summed E-state index contributed by atoms with van der Waals surface area (Å²) < 4.78 is 5.54. The third-order valence-corrected chi connectivity index (χ3v) is 3.77. The summed E-state index contributed by atoms with van der Waals surface area (Å²) in [6.45, 7) is 12.1. The van der Waals surface area contributed by atoms with Gasteiger partial charge in [0.1, 0.15) is 6.61 Å². The largest absolute Gasteiger partial charge is 0.482 e. The van der Waals surface area contributed by atoms with E-state index in [2.05, 4.69) is 33.0 Å². The van der Waals surface area contributed by atoms with Gasteiger partial charge < -0.3 is 10.1 Å². The Balaban J connectivity index is 0.000000387. The summed E-state index contributed by atoms with van der Waals surface area (Å²) in [7, 11) is 0. The van der Waals surface area contributed by atoms with Crippen molar-refractivity contribution in [3.8, 4) is 5.75 Å². The van der Waals surface area contributed by atoms with Crippen molar-refractivity contribution in [3.05, 3.63) is 69.8 Å². The number of aryl methyl sites for hydroxylation is 1. The lowest BCUT2D eigenvalue weighted by atomic mass is 10.1. The minimum absolute atomic E-state index is 0.0234. The van der Waals surface area contributed by atoms with Gasteiger partial charge in [-0.3, -0.25) is 10.1 Å². The molecule has 148 valence electrons. The third-order valence-electron chi connectivity index (χ3n) is 3.77. The van der Waals surface area contributed by atoms with Gasteiger partial charge in [0.25, 0.3) is 0 Å². The number of ether oxygens (including phenoxy) is 1. The van der Waals surface area contributed by atoms with E-state index in [0.717, 1.165) is 24.1 Å². The minimum atomic E-state index is -0.403. The summed E-state index contributed by atoms with van der Waals surface area (Å²) in [5, 5.41) is 14.4. The molecule has 0 bridgehead atoms. The maximum Gasteiger partial charge on any atom is 0.311 e. The monoisotopic (exact) mass is 372 g/mol. The highest BCUT2D eigenvalue weighted by molar-refractivity contribution is 5.48. The molecule has 27 heavy (non-hydrogen) atoms. The predicted octanol–water partition coefficient (Wildman–Crippen LogP) is 5.52. The highest BCUT2D eigenvalue weighted by Crippen LogP contribution is 2.28. The van der Waals surface area contributed by atoms with Crippen molar-refractivity contribution in [3.63, 3.8) is 0 Å². The number of nitro benzene ring substituents is 1. The van der Waals surface area contributed by atoms with Gasteiger partial charge in [-0.25, -0.2) is 0 Å². The van der Waals surface area contributed by atoms with Crippen molar-refractivity contribution in [2.45, 2.75) is 59.6 Å². The molecule has 0 amide bonds. The summed E-state index contributed by atoms with van der Waals surface area (Å²) in [5.74, 6) is 0.311. The molecule has 0 aliphatic heterocycles. The van der Waals surface area contributed by atoms with Gasteiger partial charge in [0.2, 0.25) is 0 Å². The Bertz CT molecular complexity index is 694. The number of nitrogens with one attached hydrogen (secondary N) is 1. The second kappa shape index (κ2) is 11.3. The summed E-state index contributed by atoms with van der Waals surface area (Å²) in [6, 6.07) is 14.7. The lowest BCUT2D eigenvalue weighted by Crippen LogP contribution is -2.36. The fraction of sp³-hybridized carbons (Fsp3) is 0.455. The molecule has 0 saturated heterocycles. The molecule has 0 spiro atoms. The lowest BCUT2D eigenvalue weighted by Gasteiger charge is -2.19. The molecule has 0 atom stereocenters. The Morgan fingerprint density at radius 1 is 1.04 bits per heavy atom. The van der Waals surface area contributed by atoms with Crippen molar-refractivity contribution >= 4 is 5.69 Å². The maximum absolute atomic E-state index is 11.0. The standard InChI is InChI=1S/C15H15NO3.C7H17N/c1-2-12-8-9-15(14(10-12)16(17)18)19-11-13-6-4-3-5-7-13;1-5-6-8-7(2,3)4/h3-10H,2,11H2,1H3;8H,5-6H2,1-4H3. The number of hydrogen-bond donors (Lipinski definition) is 1. The highest BCUT2D eigenvalue weighted by atomic mass is 16.6. The minimum Gasteiger partial charge on any atom is -0.482 e. The number of rotatable bonds is 7. The van der Waals surface area contributed by atoms with Crippen LogP contribution in [0.3, 0.4) is 0 Å². The lowest BCUT2D eigenvalue weighted by molar-refractivity contribution is -0.386. The topological polar surface area (TPSA) is 64.4 Å². The van der Waals surface area contributed by atoms with Gasteiger partial charge in [0, 0.05) is 11.6 Å². The molecule has 0 saturated carbocycles. The van der Waals surface area contributed by atoms with Crippen molar-refractivity contribution in [2.24, 2.45) is 0 Å². The van der Waals surface area contributed by atoms with Crippen LogP contribution in [0.2, 0.25) is 0 Å². The molecule has 0 aliphatic rings. The number of nitrogens with zero attached hydrogens (tertiary/aromatic N) is 1. The molecule has 0 heterocycles. The molecule has 5 heteroatoms. The molecule has 2 aromatic carbocycles. The zero-order chi connectivity index (χ0) is 20.3. The van der Waals surface area contributed by atoms with E-state index >= 15 is 0 Å². The van der Waals surface area contributed by atoms with E-state index in [9.17, 15) is 10.1 Å². The quantitative estimate of drug-likeness (QED) is 0.513. The van der Waals surface area contributed by atoms with E-state index in [1.54, 1.807) is 12.1 Å². The fourth-order valence-electron chi connectivity index (χ4n) is 2.28. The van der Waals surface area contributed by atoms with E-state index in [1.165, 1.54) is 6.42 Å². The van der Waals surface area contributed by atoms with Gasteiger partial charge >= 0.3 is 5.69 Å². The van der Waals surface area contributed by atoms with Crippen LogP contribution < -0.4 is 10.1 Å². The Labute approximate surface area is 162 Å². The van der Waals surface area contributed by atoms with Crippen LogP contribution in [0.1, 0.15) is 52.2 Å². The second-order valence-electron chi connectivity index (χ2n) is 7.36. The number of hydrogen-bond acceptors (Lipinski definition) is 4. The Morgan fingerprint density at radius 3 is 2.19 bits per heavy atom. The van der Waals surface area contributed by atoms with Crippen molar-refractivity contribution in [1.82, 2.24) is 5.32 Å². The van der Waals surface area contributed by atoms with Gasteiger partial charge in [-0.15, -0.1) is 0 Å². The van der Waals surface area contributed by atoms with Crippen LogP contribution in [0.4, 0.5) is 5.69 Å². The molecule has 1 N–H and O–H groups in total. The molecule has 0 radical (unpaired) electrons. The van der Waals surface area contributed by atoms with E-state index in [4.69, 9.17) is 4.74 Å². The zero-order valence-corrected chi connectivity index (χ0v) is 17.1. The second-order valence-corrected chi connectivity index (χ2v) is 7.36. The predicted molar refractivity (Wildman–Crippen MR) is 111 cm³/mol. The summed E-state index contributed by atoms with van der Waals surface area (Å²) in [5.41, 5.74) is 2.24. The summed E-state index contributed by atoms with van der Waals surface area (Å²) in [4.78, 5) is 10.6. The normalized spacial score (nSPS) is 10.7. The first-order chi connectivity index (χ1) is 12.8. The molecule has 2 rings (SSSR count). The Hall–Kier alpha value is -2.40. The molecule has 0 unspecified atom stereocenters. The highest BCUT2D eigenvalue weighted by Gasteiger charge is 2.15. The van der Waals surface area contributed by atoms with Crippen LogP contribution in [0.5, 0.6) is 5.75 Å². The first kappa shape index (κ1) is 22.6. The first-order valence-electron chi connectivity index (χ1n) is 9.46. The van der Waals surface area contributed by atoms with Crippen LogP contribution in [-0.2, 0) is 13.0 Å². The van der Waals surface area contributed by atoms with Gasteiger partial charge in [-0.2, -0.15) is 0 Å². The molecule has 0 aliphatic carbocycles. The number of benzene rings is 2. The Morgan fingerprint density at radius 2 is 1.70 bits per heavy atom. The number of nitro groups is 1. The average Bonchev–Trinajstić information content (AvgIpc) is 2.65. The van der Waals surface area contributed by atoms with Gasteiger partial charge in [0.05, 0.1) is 4.92 Å². The van der Waals surface area contributed by atoms with Crippen molar-refractivity contribution < 1.29 is 9.66 Å². The Kier molecular flexibility index (Phi) is 9.51. The van der Waals surface area contributed by atoms with Gasteiger partial charge in [-0.1, -0.05) is 50.2 Å². The molecular formula is C22H32N2O3. The summed E-state index contributed by atoms with van der Waals surface area (Å²) in [6.07, 6.45) is 1.98. The smallest absolute Gasteiger partial charge is 0.311 e. The van der Waals surface area contributed by atoms with E-state index in [-0.39, 0.29) is 5.69 Å². The van der Waals surface area contributed by atoms with Gasteiger partial charge in [0.15, 0.2) is 5.75 Å². The third kappa shape index (κ3) is 9.20. The molecule has 5 nitrogen and oxygen atoms in total. The van der Waals surface area contributed by atoms with Crippen LogP contribution in [0.25, 0.3) is 0 Å².